The molecular weight excluding hydrogens is 277 g/mol. The van der Waals surface area contributed by atoms with E-state index in [-0.39, 0.29) is 11.9 Å². The predicted octanol–water partition coefficient (Wildman–Crippen LogP) is 3.96. The van der Waals surface area contributed by atoms with Crippen LogP contribution in [0.15, 0.2) is 60.9 Å². The third-order valence-electron chi connectivity index (χ3n) is 3.84. The van der Waals surface area contributed by atoms with Gasteiger partial charge in [0.2, 0.25) is 0 Å². The van der Waals surface area contributed by atoms with Crippen LogP contribution in [0.3, 0.4) is 0 Å². The van der Waals surface area contributed by atoms with Crippen molar-refractivity contribution in [2.75, 3.05) is 7.05 Å². The third kappa shape index (κ3) is 2.78. The first-order chi connectivity index (χ1) is 10.7. The smallest absolute Gasteiger partial charge is 0.131 e. The van der Waals surface area contributed by atoms with Crippen LogP contribution >= 0.6 is 0 Å². The fourth-order valence-corrected chi connectivity index (χ4v) is 2.38. The van der Waals surface area contributed by atoms with Gasteiger partial charge in [-0.25, -0.2) is 9.07 Å². The summed E-state index contributed by atoms with van der Waals surface area (Å²) in [5, 5.41) is 7.50. The quantitative estimate of drug-likeness (QED) is 0.789. The van der Waals surface area contributed by atoms with Crippen molar-refractivity contribution in [3.63, 3.8) is 0 Å². The summed E-state index contributed by atoms with van der Waals surface area (Å²) >= 11 is 0. The molecular formula is C18H18FN3. The molecule has 0 bridgehead atoms. The molecule has 1 atom stereocenters. The molecule has 0 saturated carbocycles. The Morgan fingerprint density at radius 2 is 1.91 bits per heavy atom. The van der Waals surface area contributed by atoms with Crippen LogP contribution in [0, 0.1) is 5.82 Å². The zero-order chi connectivity index (χ0) is 15.5. The molecule has 3 rings (SSSR count). The standard InChI is InChI=1S/C18H18FN3/c1-13(20-2)14-8-9-18(19)17(10-14)15-11-21-22(12-15)16-6-4-3-5-7-16/h3-13,20H,1-2H3. The van der Waals surface area contributed by atoms with Crippen molar-refractivity contribution < 1.29 is 4.39 Å². The molecule has 1 N–H and O–H groups in total. The van der Waals surface area contributed by atoms with Crippen LogP contribution in [0.1, 0.15) is 18.5 Å². The van der Waals surface area contributed by atoms with E-state index >= 15 is 0 Å². The molecule has 0 aliphatic heterocycles. The Kier molecular flexibility index (Phi) is 4.02. The van der Waals surface area contributed by atoms with Crippen LogP contribution < -0.4 is 5.32 Å². The second-order valence-electron chi connectivity index (χ2n) is 5.26. The summed E-state index contributed by atoms with van der Waals surface area (Å²) in [4.78, 5) is 0. The first-order valence-electron chi connectivity index (χ1n) is 7.26. The number of nitrogens with zero attached hydrogens (tertiary/aromatic N) is 2. The SMILES string of the molecule is CNC(C)c1ccc(F)c(-c2cnn(-c3ccccc3)c2)c1. The zero-order valence-corrected chi connectivity index (χ0v) is 12.6. The highest BCUT2D eigenvalue weighted by atomic mass is 19.1. The molecule has 0 amide bonds. The lowest BCUT2D eigenvalue weighted by Crippen LogP contribution is -2.12. The summed E-state index contributed by atoms with van der Waals surface area (Å²) in [6, 6.07) is 15.2. The van der Waals surface area contributed by atoms with Gasteiger partial charge in [-0.1, -0.05) is 24.3 Å². The summed E-state index contributed by atoms with van der Waals surface area (Å²) in [5.41, 5.74) is 3.34. The number of hydrogen-bond acceptors (Lipinski definition) is 2. The van der Waals surface area contributed by atoms with Crippen LogP contribution in [-0.2, 0) is 0 Å². The number of aromatic nitrogens is 2. The van der Waals surface area contributed by atoms with E-state index in [1.165, 1.54) is 6.07 Å². The van der Waals surface area contributed by atoms with Crippen LogP contribution in [0.25, 0.3) is 16.8 Å². The van der Waals surface area contributed by atoms with Crippen molar-refractivity contribution >= 4 is 0 Å². The van der Waals surface area contributed by atoms with Crippen LogP contribution in [0.2, 0.25) is 0 Å². The summed E-state index contributed by atoms with van der Waals surface area (Å²) in [7, 11) is 1.89. The highest BCUT2D eigenvalue weighted by Gasteiger charge is 2.11. The summed E-state index contributed by atoms with van der Waals surface area (Å²) in [5.74, 6) is -0.236. The largest absolute Gasteiger partial charge is 0.313 e. The monoisotopic (exact) mass is 295 g/mol. The van der Waals surface area contributed by atoms with Crippen molar-refractivity contribution in [3.05, 3.63) is 72.3 Å². The molecule has 0 aliphatic rings. The van der Waals surface area contributed by atoms with E-state index in [0.29, 0.717) is 5.56 Å². The van der Waals surface area contributed by atoms with Crippen LogP contribution in [0.4, 0.5) is 4.39 Å². The van der Waals surface area contributed by atoms with Gasteiger partial charge in [-0.2, -0.15) is 5.10 Å². The number of halogens is 1. The molecule has 3 aromatic rings. The van der Waals surface area contributed by atoms with Crippen molar-refractivity contribution in [1.29, 1.82) is 0 Å². The topological polar surface area (TPSA) is 29.9 Å². The lowest BCUT2D eigenvalue weighted by atomic mass is 10.0. The summed E-state index contributed by atoms with van der Waals surface area (Å²) in [6.07, 6.45) is 3.54. The van der Waals surface area contributed by atoms with Gasteiger partial charge in [0.1, 0.15) is 5.82 Å². The van der Waals surface area contributed by atoms with Gasteiger partial charge in [0, 0.05) is 23.4 Å². The molecule has 0 radical (unpaired) electrons. The minimum absolute atomic E-state index is 0.170. The number of benzene rings is 2. The number of hydrogen-bond donors (Lipinski definition) is 1. The Morgan fingerprint density at radius 1 is 1.14 bits per heavy atom. The van der Waals surface area contributed by atoms with Crippen LogP contribution in [-0.4, -0.2) is 16.8 Å². The van der Waals surface area contributed by atoms with Gasteiger partial charge >= 0.3 is 0 Å². The summed E-state index contributed by atoms with van der Waals surface area (Å²) in [6.45, 7) is 2.05. The minimum atomic E-state index is -0.236. The van der Waals surface area contributed by atoms with Crippen molar-refractivity contribution in [2.24, 2.45) is 0 Å². The Morgan fingerprint density at radius 3 is 2.64 bits per heavy atom. The Bertz CT molecular complexity index is 765. The van der Waals surface area contributed by atoms with Gasteiger partial charge in [0.15, 0.2) is 0 Å². The molecule has 0 saturated heterocycles. The maximum atomic E-state index is 14.2. The third-order valence-corrected chi connectivity index (χ3v) is 3.84. The molecule has 0 aliphatic carbocycles. The van der Waals surface area contributed by atoms with E-state index in [2.05, 4.69) is 10.4 Å². The van der Waals surface area contributed by atoms with Gasteiger partial charge < -0.3 is 5.32 Å². The van der Waals surface area contributed by atoms with Crippen molar-refractivity contribution in [2.45, 2.75) is 13.0 Å². The lowest BCUT2D eigenvalue weighted by Gasteiger charge is -2.12. The highest BCUT2D eigenvalue weighted by Crippen LogP contribution is 2.26. The normalized spacial score (nSPS) is 12.3. The average Bonchev–Trinajstić information content (AvgIpc) is 3.05. The van der Waals surface area contributed by atoms with E-state index in [0.717, 1.165) is 16.8 Å². The molecule has 0 fully saturated rings. The van der Waals surface area contributed by atoms with Gasteiger partial charge in [0.25, 0.3) is 0 Å². The second kappa shape index (κ2) is 6.12. The molecule has 22 heavy (non-hydrogen) atoms. The predicted molar refractivity (Wildman–Crippen MR) is 86.4 cm³/mol. The number of para-hydroxylation sites is 1. The second-order valence-corrected chi connectivity index (χ2v) is 5.26. The first-order valence-corrected chi connectivity index (χ1v) is 7.26. The minimum Gasteiger partial charge on any atom is -0.313 e. The van der Waals surface area contributed by atoms with Gasteiger partial charge in [-0.3, -0.25) is 0 Å². The lowest BCUT2D eigenvalue weighted by molar-refractivity contribution is 0.622. The van der Waals surface area contributed by atoms with E-state index in [9.17, 15) is 4.39 Å². The van der Waals surface area contributed by atoms with E-state index < -0.39 is 0 Å². The van der Waals surface area contributed by atoms with Crippen LogP contribution in [0.5, 0.6) is 0 Å². The van der Waals surface area contributed by atoms with E-state index in [1.54, 1.807) is 10.9 Å². The molecule has 4 heteroatoms. The van der Waals surface area contributed by atoms with Gasteiger partial charge in [0.05, 0.1) is 11.9 Å². The number of nitrogens with one attached hydrogen (secondary N) is 1. The van der Waals surface area contributed by atoms with Crippen molar-refractivity contribution in [3.8, 4) is 16.8 Å². The van der Waals surface area contributed by atoms with Crippen molar-refractivity contribution in [1.82, 2.24) is 15.1 Å². The summed E-state index contributed by atoms with van der Waals surface area (Å²) < 4.78 is 15.9. The van der Waals surface area contributed by atoms with Gasteiger partial charge in [-0.15, -0.1) is 0 Å². The molecule has 1 heterocycles. The van der Waals surface area contributed by atoms with E-state index in [4.69, 9.17) is 0 Å². The molecule has 2 aromatic carbocycles. The van der Waals surface area contributed by atoms with Gasteiger partial charge in [-0.05, 0) is 43.8 Å². The maximum Gasteiger partial charge on any atom is 0.131 e. The Hall–Kier alpha value is -2.46. The Labute approximate surface area is 129 Å². The van der Waals surface area contributed by atoms with E-state index in [1.807, 2.05) is 62.6 Å². The fraction of sp³-hybridized carbons (Fsp3) is 0.167. The first kappa shape index (κ1) is 14.5. The number of rotatable bonds is 4. The Balaban J connectivity index is 2.00. The molecule has 0 spiro atoms. The highest BCUT2D eigenvalue weighted by molar-refractivity contribution is 5.64. The zero-order valence-electron chi connectivity index (χ0n) is 12.6. The maximum absolute atomic E-state index is 14.2. The molecule has 1 unspecified atom stereocenters. The fourth-order valence-electron chi connectivity index (χ4n) is 2.38. The molecule has 3 nitrogen and oxygen atoms in total. The molecule has 1 aromatic heterocycles. The molecule has 112 valence electrons. The average molecular weight is 295 g/mol.